The maximum Gasteiger partial charge on any atom is 0.270 e. The molecule has 0 radical (unpaired) electrons. The number of amides is 1. The van der Waals surface area contributed by atoms with Crippen LogP contribution < -0.4 is 5.32 Å². The molecule has 0 aliphatic heterocycles. The zero-order chi connectivity index (χ0) is 17.1. The average Bonchev–Trinajstić information content (AvgIpc) is 3.09. The van der Waals surface area contributed by atoms with Gasteiger partial charge in [0, 0.05) is 23.4 Å². The fourth-order valence-corrected chi connectivity index (χ4v) is 2.37. The quantitative estimate of drug-likeness (QED) is 0.566. The molecular formula is C16H10ClN3O4. The zero-order valence-electron chi connectivity index (χ0n) is 12.1. The lowest BCUT2D eigenvalue weighted by molar-refractivity contribution is -0.384. The number of hydrogen-bond acceptors (Lipinski definition) is 5. The number of carbonyl (C=O) groups is 1. The van der Waals surface area contributed by atoms with Crippen molar-refractivity contribution >= 4 is 28.9 Å². The molecule has 2 aromatic carbocycles. The van der Waals surface area contributed by atoms with Gasteiger partial charge >= 0.3 is 0 Å². The van der Waals surface area contributed by atoms with Crippen LogP contribution in [0, 0.1) is 10.1 Å². The Balaban J connectivity index is 1.83. The van der Waals surface area contributed by atoms with Crippen molar-refractivity contribution in [2.75, 3.05) is 5.32 Å². The number of nitrogens with one attached hydrogen (secondary N) is 1. The standard InChI is InChI=1S/C16H10ClN3O4/c17-14-7-12(20(22)23)4-5-13(14)16(21)19-11-3-1-2-10(6-11)15-8-18-9-24-15/h1-9H,(H,19,21). The first-order valence-electron chi connectivity index (χ1n) is 6.79. The summed E-state index contributed by atoms with van der Waals surface area (Å²) in [5.41, 5.74) is 1.25. The zero-order valence-corrected chi connectivity index (χ0v) is 12.9. The van der Waals surface area contributed by atoms with Crippen LogP contribution in [0.5, 0.6) is 0 Å². The Morgan fingerprint density at radius 3 is 2.75 bits per heavy atom. The lowest BCUT2D eigenvalue weighted by atomic mass is 10.1. The van der Waals surface area contributed by atoms with E-state index >= 15 is 0 Å². The summed E-state index contributed by atoms with van der Waals surface area (Å²) in [7, 11) is 0. The van der Waals surface area contributed by atoms with Gasteiger partial charge in [0.15, 0.2) is 12.2 Å². The Hall–Kier alpha value is -3.19. The van der Waals surface area contributed by atoms with Crippen molar-refractivity contribution < 1.29 is 14.1 Å². The summed E-state index contributed by atoms with van der Waals surface area (Å²) in [6.07, 6.45) is 2.88. The molecule has 0 bridgehead atoms. The number of hydrogen-bond donors (Lipinski definition) is 1. The Morgan fingerprint density at radius 1 is 1.25 bits per heavy atom. The van der Waals surface area contributed by atoms with Crippen molar-refractivity contribution in [2.24, 2.45) is 0 Å². The molecule has 1 aromatic heterocycles. The number of non-ortho nitro benzene ring substituents is 1. The molecule has 3 aromatic rings. The largest absolute Gasteiger partial charge is 0.444 e. The van der Waals surface area contributed by atoms with Crippen LogP contribution in [0.3, 0.4) is 0 Å². The summed E-state index contributed by atoms with van der Waals surface area (Å²) in [5, 5.41) is 13.4. The maximum atomic E-state index is 12.3. The van der Waals surface area contributed by atoms with Gasteiger partial charge in [-0.05, 0) is 18.2 Å². The number of nitro groups is 1. The van der Waals surface area contributed by atoms with Crippen molar-refractivity contribution in [3.63, 3.8) is 0 Å². The van der Waals surface area contributed by atoms with Gasteiger partial charge in [0.25, 0.3) is 11.6 Å². The number of benzene rings is 2. The SMILES string of the molecule is O=C(Nc1cccc(-c2cnco2)c1)c1ccc([N+](=O)[O-])cc1Cl. The van der Waals surface area contributed by atoms with Gasteiger partial charge in [0.05, 0.1) is 21.7 Å². The van der Waals surface area contributed by atoms with Crippen molar-refractivity contribution in [3.05, 3.63) is 75.8 Å². The van der Waals surface area contributed by atoms with Crippen molar-refractivity contribution in [2.45, 2.75) is 0 Å². The molecule has 7 nitrogen and oxygen atoms in total. The molecule has 1 N–H and O–H groups in total. The van der Waals surface area contributed by atoms with Crippen LogP contribution in [0.25, 0.3) is 11.3 Å². The van der Waals surface area contributed by atoms with Crippen LogP contribution in [0.4, 0.5) is 11.4 Å². The third-order valence-corrected chi connectivity index (χ3v) is 3.56. The van der Waals surface area contributed by atoms with Gasteiger partial charge in [-0.15, -0.1) is 0 Å². The minimum absolute atomic E-state index is 0.00749. The predicted molar refractivity (Wildman–Crippen MR) is 88.0 cm³/mol. The van der Waals surface area contributed by atoms with Crippen molar-refractivity contribution in [1.82, 2.24) is 4.98 Å². The summed E-state index contributed by atoms with van der Waals surface area (Å²) >= 11 is 5.96. The smallest absolute Gasteiger partial charge is 0.270 e. The minimum atomic E-state index is -0.575. The fourth-order valence-electron chi connectivity index (χ4n) is 2.11. The van der Waals surface area contributed by atoms with E-state index in [1.165, 1.54) is 18.5 Å². The molecule has 0 fully saturated rings. The Bertz CT molecular complexity index is 909. The number of rotatable bonds is 4. The Labute approximate surface area is 141 Å². The summed E-state index contributed by atoms with van der Waals surface area (Å²) in [5.74, 6) is 0.101. The second-order valence-corrected chi connectivity index (χ2v) is 5.23. The van der Waals surface area contributed by atoms with Crippen molar-refractivity contribution in [3.8, 4) is 11.3 Å². The number of halogens is 1. The molecular weight excluding hydrogens is 334 g/mol. The van der Waals surface area contributed by atoms with Gasteiger partial charge < -0.3 is 9.73 Å². The summed E-state index contributed by atoms with van der Waals surface area (Å²) in [6.45, 7) is 0. The van der Waals surface area contributed by atoms with E-state index in [1.54, 1.807) is 24.4 Å². The molecule has 24 heavy (non-hydrogen) atoms. The van der Waals surface area contributed by atoms with Gasteiger partial charge in [0.2, 0.25) is 0 Å². The third-order valence-electron chi connectivity index (χ3n) is 3.25. The maximum absolute atomic E-state index is 12.3. The predicted octanol–water partition coefficient (Wildman–Crippen LogP) is 4.16. The van der Waals surface area contributed by atoms with Gasteiger partial charge in [0.1, 0.15) is 0 Å². The molecule has 0 saturated carbocycles. The number of anilines is 1. The van der Waals surface area contributed by atoms with Crippen LogP contribution in [-0.2, 0) is 0 Å². The fraction of sp³-hybridized carbons (Fsp3) is 0. The monoisotopic (exact) mass is 343 g/mol. The molecule has 120 valence electrons. The number of oxazole rings is 1. The topological polar surface area (TPSA) is 98.3 Å². The van der Waals surface area contributed by atoms with Crippen LogP contribution in [0.1, 0.15) is 10.4 Å². The normalized spacial score (nSPS) is 10.4. The second-order valence-electron chi connectivity index (χ2n) is 4.82. The molecule has 0 atom stereocenters. The van der Waals surface area contributed by atoms with E-state index in [9.17, 15) is 14.9 Å². The number of nitrogens with zero attached hydrogens (tertiary/aromatic N) is 2. The average molecular weight is 344 g/mol. The first kappa shape index (κ1) is 15.7. The van der Waals surface area contributed by atoms with Gasteiger partial charge in [-0.1, -0.05) is 23.7 Å². The minimum Gasteiger partial charge on any atom is -0.444 e. The molecule has 0 spiro atoms. The summed E-state index contributed by atoms with van der Waals surface area (Å²) in [6, 6.07) is 10.7. The lowest BCUT2D eigenvalue weighted by Crippen LogP contribution is -2.12. The van der Waals surface area contributed by atoms with Gasteiger partial charge in [-0.2, -0.15) is 0 Å². The first-order chi connectivity index (χ1) is 11.5. The molecule has 3 rings (SSSR count). The van der Waals surface area contributed by atoms with E-state index in [-0.39, 0.29) is 16.3 Å². The highest BCUT2D eigenvalue weighted by Gasteiger charge is 2.15. The Morgan fingerprint density at radius 2 is 2.08 bits per heavy atom. The van der Waals surface area contributed by atoms with E-state index < -0.39 is 10.8 Å². The molecule has 0 unspecified atom stereocenters. The van der Waals surface area contributed by atoms with E-state index in [0.29, 0.717) is 11.4 Å². The molecule has 0 aliphatic carbocycles. The number of nitro benzene ring substituents is 1. The van der Waals surface area contributed by atoms with E-state index in [2.05, 4.69) is 10.3 Å². The molecule has 0 saturated heterocycles. The number of aromatic nitrogens is 1. The van der Waals surface area contributed by atoms with Gasteiger partial charge in [-0.25, -0.2) is 4.98 Å². The first-order valence-corrected chi connectivity index (χ1v) is 7.16. The highest BCUT2D eigenvalue weighted by molar-refractivity contribution is 6.34. The highest BCUT2D eigenvalue weighted by Crippen LogP contribution is 2.25. The van der Waals surface area contributed by atoms with Crippen LogP contribution in [0.15, 0.2) is 59.5 Å². The molecule has 8 heteroatoms. The summed E-state index contributed by atoms with van der Waals surface area (Å²) in [4.78, 5) is 26.3. The second kappa shape index (κ2) is 6.51. The Kier molecular flexibility index (Phi) is 4.26. The van der Waals surface area contributed by atoms with Crippen LogP contribution in [-0.4, -0.2) is 15.8 Å². The van der Waals surface area contributed by atoms with Gasteiger partial charge in [-0.3, -0.25) is 14.9 Å². The number of carbonyl (C=O) groups excluding carboxylic acids is 1. The molecule has 1 amide bonds. The van der Waals surface area contributed by atoms with Crippen molar-refractivity contribution in [1.29, 1.82) is 0 Å². The van der Waals surface area contributed by atoms with E-state index in [1.807, 2.05) is 6.07 Å². The lowest BCUT2D eigenvalue weighted by Gasteiger charge is -2.08. The van der Waals surface area contributed by atoms with Crippen LogP contribution >= 0.6 is 11.6 Å². The van der Waals surface area contributed by atoms with Crippen LogP contribution in [0.2, 0.25) is 5.02 Å². The third kappa shape index (κ3) is 3.26. The molecule has 1 heterocycles. The van der Waals surface area contributed by atoms with E-state index in [0.717, 1.165) is 11.6 Å². The summed E-state index contributed by atoms with van der Waals surface area (Å²) < 4.78 is 5.21. The highest BCUT2D eigenvalue weighted by atomic mass is 35.5. The molecule has 0 aliphatic rings. The van der Waals surface area contributed by atoms with E-state index in [4.69, 9.17) is 16.0 Å².